The molecule has 0 saturated carbocycles. The lowest BCUT2D eigenvalue weighted by Gasteiger charge is -2.43. The van der Waals surface area contributed by atoms with E-state index >= 15 is 0 Å². The molecule has 0 aliphatic heterocycles. The summed E-state index contributed by atoms with van der Waals surface area (Å²) in [5, 5.41) is 0. The van der Waals surface area contributed by atoms with Gasteiger partial charge < -0.3 is 4.48 Å². The molecule has 46 heavy (non-hydrogen) atoms. The van der Waals surface area contributed by atoms with Gasteiger partial charge in [0.05, 0.1) is 26.7 Å². The molecule has 18 heteroatoms. The molecule has 0 aromatic rings. The van der Waals surface area contributed by atoms with E-state index in [1.807, 2.05) is 13.8 Å². The zero-order valence-corrected chi connectivity index (χ0v) is 25.9. The Bertz CT molecular complexity index is 868. The fraction of sp³-hybridized carbons (Fsp3) is 1.00. The first kappa shape index (κ1) is 44.8. The Morgan fingerprint density at radius 2 is 0.630 bits per heavy atom. The van der Waals surface area contributed by atoms with E-state index in [9.17, 15) is 74.6 Å². The summed E-state index contributed by atoms with van der Waals surface area (Å²) >= 11 is 0. The second-order valence-corrected chi connectivity index (χ2v) is 12.1. The van der Waals surface area contributed by atoms with E-state index in [0.29, 0.717) is 38.8 Å². The topological polar surface area (TPSA) is 0 Å². The molecule has 0 rings (SSSR count). The zero-order valence-electron chi connectivity index (χ0n) is 25.9. The largest absolute Gasteiger partial charge is 0.460 e. The Morgan fingerprint density at radius 3 is 0.978 bits per heavy atom. The van der Waals surface area contributed by atoms with E-state index in [2.05, 4.69) is 0 Å². The average molecular weight is 717 g/mol. The number of hydrogen-bond donors (Lipinski definition) is 0. The molecule has 1 nitrogen and oxygen atoms in total. The normalized spacial score (nSPS) is 15.1. The van der Waals surface area contributed by atoms with E-state index in [1.54, 1.807) is 7.05 Å². The average Bonchev–Trinajstić information content (AvgIpc) is 2.91. The molecule has 0 atom stereocenters. The molecule has 0 aliphatic carbocycles. The maximum absolute atomic E-state index is 14.4. The van der Waals surface area contributed by atoms with Gasteiger partial charge in [0, 0.05) is 12.8 Å². The molecule has 0 heterocycles. The fourth-order valence-corrected chi connectivity index (χ4v) is 4.92. The third-order valence-corrected chi connectivity index (χ3v) is 8.08. The number of hydrogen-bond acceptors (Lipinski definition) is 0. The van der Waals surface area contributed by atoms with Crippen LogP contribution in [0.3, 0.4) is 0 Å². The quantitative estimate of drug-likeness (QED) is 0.0530. The van der Waals surface area contributed by atoms with Crippen molar-refractivity contribution in [2.45, 2.75) is 151 Å². The molecule has 0 amide bonds. The van der Waals surface area contributed by atoms with Gasteiger partial charge in [0.2, 0.25) is 0 Å². The standard InChI is InChI=1S/C28H43F17N/c1-4-6-8-10-12-14-18-46(3,19-15-13-11-9-7-5-2)20-16-17-21(29,30)22(31,32)23(33,34)24(35,36)25(37,38)26(39,40)27(41,42)28(43,44)45/h4-20H2,1-3H3/q+1. The zero-order chi connectivity index (χ0) is 36.5. The Kier molecular flexibility index (Phi) is 16.0. The van der Waals surface area contributed by atoms with Crippen molar-refractivity contribution >= 4 is 0 Å². The summed E-state index contributed by atoms with van der Waals surface area (Å²) in [5.74, 6) is -55.9. The number of nitrogens with zero attached hydrogens (tertiary/aromatic N) is 1. The van der Waals surface area contributed by atoms with Gasteiger partial charge in [-0.1, -0.05) is 65.2 Å². The van der Waals surface area contributed by atoms with Crippen molar-refractivity contribution in [3.05, 3.63) is 0 Å². The first-order chi connectivity index (χ1) is 20.6. The van der Waals surface area contributed by atoms with Crippen molar-refractivity contribution in [2.75, 3.05) is 26.7 Å². The van der Waals surface area contributed by atoms with Crippen LogP contribution in [0.25, 0.3) is 0 Å². The van der Waals surface area contributed by atoms with Crippen molar-refractivity contribution in [3.63, 3.8) is 0 Å². The summed E-state index contributed by atoms with van der Waals surface area (Å²) in [6.07, 6.45) is -1.33. The SMILES string of the molecule is CCCCCCCC[N+](C)(CCCCCCCC)CCCC(F)(F)C(F)(F)C(F)(F)C(F)(F)C(F)(F)C(F)(F)C(F)(F)C(F)(F)F. The van der Waals surface area contributed by atoms with Crippen LogP contribution in [-0.4, -0.2) is 78.8 Å². The lowest BCUT2D eigenvalue weighted by atomic mass is 9.88. The molecule has 0 radical (unpaired) electrons. The molecule has 0 bridgehead atoms. The van der Waals surface area contributed by atoms with E-state index in [1.165, 1.54) is 0 Å². The van der Waals surface area contributed by atoms with Crippen molar-refractivity contribution in [2.24, 2.45) is 0 Å². The lowest BCUT2D eigenvalue weighted by Crippen LogP contribution is -2.74. The first-order valence-corrected chi connectivity index (χ1v) is 15.1. The molecule has 0 saturated heterocycles. The maximum Gasteiger partial charge on any atom is 0.460 e. The molecule has 0 N–H and O–H groups in total. The van der Waals surface area contributed by atoms with Crippen LogP contribution in [0.1, 0.15) is 104 Å². The highest BCUT2D eigenvalue weighted by molar-refractivity contribution is 5.15. The van der Waals surface area contributed by atoms with Gasteiger partial charge in [-0.15, -0.1) is 0 Å². The minimum atomic E-state index is -8.59. The second-order valence-electron chi connectivity index (χ2n) is 12.1. The minimum absolute atomic E-state index is 0.0351. The predicted octanol–water partition coefficient (Wildman–Crippen LogP) is 11.9. The van der Waals surface area contributed by atoms with Crippen molar-refractivity contribution in [3.8, 4) is 0 Å². The van der Waals surface area contributed by atoms with E-state index in [4.69, 9.17) is 0 Å². The van der Waals surface area contributed by atoms with Gasteiger partial charge in [0.15, 0.2) is 0 Å². The number of unbranched alkanes of at least 4 members (excludes halogenated alkanes) is 10. The van der Waals surface area contributed by atoms with Gasteiger partial charge in [-0.2, -0.15) is 74.6 Å². The van der Waals surface area contributed by atoms with Crippen LogP contribution >= 0.6 is 0 Å². The fourth-order valence-electron chi connectivity index (χ4n) is 4.92. The van der Waals surface area contributed by atoms with E-state index in [0.717, 1.165) is 51.4 Å². The third kappa shape index (κ3) is 9.69. The Balaban J connectivity index is 5.97. The molecule has 0 spiro atoms. The summed E-state index contributed by atoms with van der Waals surface area (Å²) < 4.78 is 230. The first-order valence-electron chi connectivity index (χ1n) is 15.1. The van der Waals surface area contributed by atoms with Crippen LogP contribution < -0.4 is 0 Å². The number of halogens is 17. The molecule has 278 valence electrons. The van der Waals surface area contributed by atoms with Crippen molar-refractivity contribution < 1.29 is 79.1 Å². The van der Waals surface area contributed by atoms with Crippen molar-refractivity contribution in [1.82, 2.24) is 0 Å². The van der Waals surface area contributed by atoms with Gasteiger partial charge in [-0.3, -0.25) is 0 Å². The predicted molar refractivity (Wildman–Crippen MR) is 137 cm³/mol. The summed E-state index contributed by atoms with van der Waals surface area (Å²) in [6.45, 7) is 4.22. The Labute approximate surface area is 257 Å². The van der Waals surface area contributed by atoms with Gasteiger partial charge in [-0.25, -0.2) is 0 Å². The highest BCUT2D eigenvalue weighted by Crippen LogP contribution is 2.64. The number of rotatable bonds is 24. The third-order valence-electron chi connectivity index (χ3n) is 8.08. The summed E-state index contributed by atoms with van der Waals surface area (Å²) in [4.78, 5) is 0. The van der Waals surface area contributed by atoms with Gasteiger partial charge >= 0.3 is 47.6 Å². The molecular weight excluding hydrogens is 673 g/mol. The van der Waals surface area contributed by atoms with Gasteiger partial charge in [0.25, 0.3) is 0 Å². The van der Waals surface area contributed by atoms with Crippen LogP contribution in [0.15, 0.2) is 0 Å². The van der Waals surface area contributed by atoms with Crippen LogP contribution in [0, 0.1) is 0 Å². The highest BCUT2D eigenvalue weighted by atomic mass is 19.4. The molecular formula is C28H43F17N+. The van der Waals surface area contributed by atoms with E-state index < -0.39 is 67.0 Å². The van der Waals surface area contributed by atoms with Crippen LogP contribution in [-0.2, 0) is 0 Å². The van der Waals surface area contributed by atoms with Gasteiger partial charge in [0.1, 0.15) is 0 Å². The summed E-state index contributed by atoms with van der Waals surface area (Å²) in [5.41, 5.74) is 0. The number of quaternary nitrogens is 1. The van der Waals surface area contributed by atoms with Crippen LogP contribution in [0.5, 0.6) is 0 Å². The van der Waals surface area contributed by atoms with Crippen LogP contribution in [0.2, 0.25) is 0 Å². The monoisotopic (exact) mass is 716 g/mol. The lowest BCUT2D eigenvalue weighted by molar-refractivity contribution is -0.910. The molecule has 0 fully saturated rings. The molecule has 0 aromatic heterocycles. The molecule has 0 unspecified atom stereocenters. The maximum atomic E-state index is 14.4. The molecule has 0 aliphatic rings. The smallest absolute Gasteiger partial charge is 0.326 e. The number of alkyl halides is 17. The Morgan fingerprint density at radius 1 is 0.348 bits per heavy atom. The molecule has 0 aromatic carbocycles. The Hall–Kier alpha value is -1.23. The van der Waals surface area contributed by atoms with Gasteiger partial charge in [-0.05, 0) is 25.7 Å². The summed E-state index contributed by atoms with van der Waals surface area (Å²) in [7, 11) is 1.56. The summed E-state index contributed by atoms with van der Waals surface area (Å²) in [6, 6.07) is 0. The minimum Gasteiger partial charge on any atom is -0.326 e. The van der Waals surface area contributed by atoms with Crippen molar-refractivity contribution in [1.29, 1.82) is 0 Å². The highest BCUT2D eigenvalue weighted by Gasteiger charge is 2.95. The van der Waals surface area contributed by atoms with E-state index in [-0.39, 0.29) is 4.48 Å². The second kappa shape index (κ2) is 16.4. The van der Waals surface area contributed by atoms with Crippen LogP contribution in [0.4, 0.5) is 74.6 Å².